The van der Waals surface area contributed by atoms with Crippen LogP contribution in [0.2, 0.25) is 0 Å². The van der Waals surface area contributed by atoms with Crippen molar-refractivity contribution in [3.8, 4) is 16.9 Å². The molecule has 0 unspecified atom stereocenters. The first kappa shape index (κ1) is 15.7. The number of hydrogen-bond acceptors (Lipinski definition) is 5. The minimum atomic E-state index is -0.549. The number of rotatable bonds is 3. The lowest BCUT2D eigenvalue weighted by atomic mass is 10.1. The molecule has 1 aliphatic carbocycles. The summed E-state index contributed by atoms with van der Waals surface area (Å²) in [7, 11) is 0. The molecule has 0 amide bonds. The van der Waals surface area contributed by atoms with Gasteiger partial charge in [0.05, 0.1) is 11.1 Å². The van der Waals surface area contributed by atoms with Crippen LogP contribution >= 0.6 is 0 Å². The summed E-state index contributed by atoms with van der Waals surface area (Å²) in [5.74, 6) is -0.341. The summed E-state index contributed by atoms with van der Waals surface area (Å²) in [6.45, 7) is 0. The molecule has 0 spiro atoms. The predicted molar refractivity (Wildman–Crippen MR) is 97.7 cm³/mol. The second kappa shape index (κ2) is 6.25. The Labute approximate surface area is 148 Å². The molecule has 0 saturated heterocycles. The van der Waals surface area contributed by atoms with E-state index in [1.165, 1.54) is 18.3 Å². The Kier molecular flexibility index (Phi) is 3.78. The molecule has 0 atom stereocenters. The zero-order valence-electron chi connectivity index (χ0n) is 13.5. The van der Waals surface area contributed by atoms with Gasteiger partial charge in [-0.25, -0.2) is 0 Å². The van der Waals surface area contributed by atoms with E-state index >= 15 is 0 Å². The number of fused-ring (bicyclic) bond motifs is 3. The van der Waals surface area contributed by atoms with E-state index in [4.69, 9.17) is 0 Å². The third kappa shape index (κ3) is 2.63. The molecule has 0 N–H and O–H groups in total. The zero-order valence-corrected chi connectivity index (χ0v) is 13.5. The maximum atomic E-state index is 11.9. The summed E-state index contributed by atoms with van der Waals surface area (Å²) in [5.41, 5.74) is 4.78. The normalized spacial score (nSPS) is 12.1. The van der Waals surface area contributed by atoms with Crippen molar-refractivity contribution in [1.29, 1.82) is 0 Å². The molecule has 1 aliphatic rings. The molecule has 0 heterocycles. The second-order valence-electron chi connectivity index (χ2n) is 5.76. The molecule has 6 nitrogen and oxygen atoms in total. The summed E-state index contributed by atoms with van der Waals surface area (Å²) in [6.07, 6.45) is 1.26. The van der Waals surface area contributed by atoms with E-state index in [0.29, 0.717) is 5.71 Å². The van der Waals surface area contributed by atoms with Gasteiger partial charge in [0.2, 0.25) is 0 Å². The summed E-state index contributed by atoms with van der Waals surface area (Å²) in [4.78, 5) is 10.3. The molecular formula is C20H12N3O3-. The highest BCUT2D eigenvalue weighted by Gasteiger charge is 2.23. The molecule has 126 valence electrons. The standard InChI is InChI=1S/C20H13N3O3/c24-19-10-9-14(23(25)26)11-13(19)12-21-22-20-17-7-3-1-5-15(17)16-6-2-4-8-18(16)20/h1-12,24H/p-1/b21-12+. The van der Waals surface area contributed by atoms with Crippen molar-refractivity contribution in [2.75, 3.05) is 0 Å². The van der Waals surface area contributed by atoms with Gasteiger partial charge in [0.1, 0.15) is 5.71 Å². The molecule has 4 rings (SSSR count). The smallest absolute Gasteiger partial charge is 0.270 e. The van der Waals surface area contributed by atoms with Gasteiger partial charge < -0.3 is 5.11 Å². The SMILES string of the molecule is O=[N+]([O-])c1ccc([O-])c(/C=N/N=C2c3ccccc3-c3ccccc32)c1. The van der Waals surface area contributed by atoms with E-state index in [2.05, 4.69) is 10.2 Å². The summed E-state index contributed by atoms with van der Waals surface area (Å²) in [5, 5.41) is 31.0. The van der Waals surface area contributed by atoms with Crippen LogP contribution < -0.4 is 5.11 Å². The molecular weight excluding hydrogens is 330 g/mol. The summed E-state index contributed by atoms with van der Waals surface area (Å²) in [6, 6.07) is 19.3. The van der Waals surface area contributed by atoms with E-state index in [9.17, 15) is 15.2 Å². The Bertz CT molecular complexity index is 1040. The van der Waals surface area contributed by atoms with Gasteiger partial charge in [-0.15, -0.1) is 5.10 Å². The van der Waals surface area contributed by atoms with Gasteiger partial charge >= 0.3 is 0 Å². The van der Waals surface area contributed by atoms with Crippen LogP contribution in [0.5, 0.6) is 5.75 Å². The fraction of sp³-hybridized carbons (Fsp3) is 0. The first-order valence-electron chi connectivity index (χ1n) is 7.91. The number of nitro benzene ring substituents is 1. The van der Waals surface area contributed by atoms with Crippen molar-refractivity contribution < 1.29 is 10.0 Å². The monoisotopic (exact) mass is 342 g/mol. The van der Waals surface area contributed by atoms with Crippen molar-refractivity contribution >= 4 is 17.6 Å². The molecule has 26 heavy (non-hydrogen) atoms. The lowest BCUT2D eigenvalue weighted by Gasteiger charge is -2.07. The van der Waals surface area contributed by atoms with Crippen LogP contribution in [-0.2, 0) is 0 Å². The van der Waals surface area contributed by atoms with Gasteiger partial charge in [0.15, 0.2) is 0 Å². The van der Waals surface area contributed by atoms with Gasteiger partial charge in [-0.05, 0) is 16.7 Å². The molecule has 0 aliphatic heterocycles. The highest BCUT2D eigenvalue weighted by atomic mass is 16.6. The van der Waals surface area contributed by atoms with E-state index in [0.717, 1.165) is 28.3 Å². The topological polar surface area (TPSA) is 90.9 Å². The van der Waals surface area contributed by atoms with E-state index in [-0.39, 0.29) is 17.0 Å². The van der Waals surface area contributed by atoms with Gasteiger partial charge in [-0.1, -0.05) is 60.3 Å². The van der Waals surface area contributed by atoms with E-state index in [1.54, 1.807) is 0 Å². The highest BCUT2D eigenvalue weighted by Crippen LogP contribution is 2.36. The fourth-order valence-electron chi connectivity index (χ4n) is 3.00. The maximum absolute atomic E-state index is 11.9. The van der Waals surface area contributed by atoms with E-state index in [1.807, 2.05) is 48.5 Å². The van der Waals surface area contributed by atoms with Crippen LogP contribution in [0.15, 0.2) is 76.9 Å². The number of nitrogens with zero attached hydrogens (tertiary/aromatic N) is 3. The fourth-order valence-corrected chi connectivity index (χ4v) is 3.00. The average molecular weight is 342 g/mol. The molecule has 3 aromatic carbocycles. The third-order valence-corrected chi connectivity index (χ3v) is 4.21. The van der Waals surface area contributed by atoms with Crippen LogP contribution in [0.1, 0.15) is 16.7 Å². The van der Waals surface area contributed by atoms with E-state index < -0.39 is 4.92 Å². The minimum absolute atomic E-state index is 0.128. The Morgan fingerprint density at radius 2 is 1.42 bits per heavy atom. The number of benzene rings is 3. The first-order valence-corrected chi connectivity index (χ1v) is 7.91. The molecule has 3 aromatic rings. The van der Waals surface area contributed by atoms with Crippen LogP contribution in [0, 0.1) is 10.1 Å². The van der Waals surface area contributed by atoms with Gasteiger partial charge in [0.25, 0.3) is 5.69 Å². The number of nitro groups is 1. The van der Waals surface area contributed by atoms with Crippen LogP contribution in [0.4, 0.5) is 5.69 Å². The summed E-state index contributed by atoms with van der Waals surface area (Å²) >= 11 is 0. The van der Waals surface area contributed by atoms with Crippen molar-refractivity contribution in [2.24, 2.45) is 10.2 Å². The van der Waals surface area contributed by atoms with Gasteiger partial charge in [-0.3, -0.25) is 10.1 Å². The molecule has 0 radical (unpaired) electrons. The Morgan fingerprint density at radius 1 is 0.846 bits per heavy atom. The molecule has 0 bridgehead atoms. The van der Waals surface area contributed by atoms with Gasteiger partial charge in [-0.2, -0.15) is 5.10 Å². The molecule has 0 fully saturated rings. The highest BCUT2D eigenvalue weighted by molar-refractivity contribution is 6.24. The number of hydrogen-bond donors (Lipinski definition) is 0. The molecule has 0 aromatic heterocycles. The molecule has 0 saturated carbocycles. The first-order chi connectivity index (χ1) is 12.6. The van der Waals surface area contributed by atoms with Crippen molar-refractivity contribution in [1.82, 2.24) is 0 Å². The quantitative estimate of drug-likeness (QED) is 0.324. The van der Waals surface area contributed by atoms with Crippen LogP contribution in [0.25, 0.3) is 11.1 Å². The van der Waals surface area contributed by atoms with Gasteiger partial charge in [0, 0.05) is 23.3 Å². The number of non-ortho nitro benzene ring substituents is 1. The lowest BCUT2D eigenvalue weighted by Crippen LogP contribution is -1.99. The second-order valence-corrected chi connectivity index (χ2v) is 5.76. The maximum Gasteiger partial charge on any atom is 0.270 e. The Hall–Kier alpha value is -3.80. The zero-order chi connectivity index (χ0) is 18.1. The average Bonchev–Trinajstić information content (AvgIpc) is 2.97. The van der Waals surface area contributed by atoms with Crippen LogP contribution in [0.3, 0.4) is 0 Å². The summed E-state index contributed by atoms with van der Waals surface area (Å²) < 4.78 is 0. The van der Waals surface area contributed by atoms with Crippen molar-refractivity contribution in [2.45, 2.75) is 0 Å². The third-order valence-electron chi connectivity index (χ3n) is 4.21. The van der Waals surface area contributed by atoms with Crippen molar-refractivity contribution in [3.05, 3.63) is 93.5 Å². The van der Waals surface area contributed by atoms with Crippen LogP contribution in [-0.4, -0.2) is 16.8 Å². The lowest BCUT2D eigenvalue weighted by molar-refractivity contribution is -0.385. The Balaban J connectivity index is 1.75. The largest absolute Gasteiger partial charge is 0.872 e. The predicted octanol–water partition coefficient (Wildman–Crippen LogP) is 3.52. The minimum Gasteiger partial charge on any atom is -0.872 e. The molecule has 6 heteroatoms. The van der Waals surface area contributed by atoms with Crippen molar-refractivity contribution in [3.63, 3.8) is 0 Å². The Morgan fingerprint density at radius 3 is 2.00 bits per heavy atom.